The highest BCUT2D eigenvalue weighted by Gasteiger charge is 2.51. The fourth-order valence-electron chi connectivity index (χ4n) is 8.18. The van der Waals surface area contributed by atoms with E-state index < -0.39 is 86.8 Å². The summed E-state index contributed by atoms with van der Waals surface area (Å²) in [5.41, 5.74) is 0. The molecule has 0 saturated carbocycles. The molecule has 12 atom stereocenters. The normalized spacial score (nSPS) is 28.0. The molecule has 0 aromatic rings. The molecule has 61 heavy (non-hydrogen) atoms. The minimum atomic E-state index is -1.78. The lowest BCUT2D eigenvalue weighted by Gasteiger charge is -2.46. The number of nitrogens with one attached hydrogen (secondary N) is 1. The lowest BCUT2D eigenvalue weighted by Crippen LogP contribution is -2.65. The standard InChI is InChI=1S/C47H89NO13/c1-3-5-7-9-11-13-15-16-17-18-19-20-21-22-24-26-28-30-36(51)35(48-39(52)31-29-27-25-23-14-12-10-8-6-4-2)34-58-46-44(57)42(55)45(38(33-50)60-46)61-47-43(56)41(54)40(53)37(32-49)59-47/h8,10,35-38,40-47,49-51,53-57H,3-7,9,11-34H2,1-2H3,(H,48,52)/b10-8-. The van der Waals surface area contributed by atoms with Gasteiger partial charge < -0.3 is 65.1 Å². The summed E-state index contributed by atoms with van der Waals surface area (Å²) in [5.74, 6) is -0.219. The Morgan fingerprint density at radius 3 is 1.62 bits per heavy atom. The van der Waals surface area contributed by atoms with E-state index in [1.807, 2.05) is 0 Å². The predicted molar refractivity (Wildman–Crippen MR) is 235 cm³/mol. The Morgan fingerprint density at radius 1 is 0.574 bits per heavy atom. The van der Waals surface area contributed by atoms with Crippen LogP contribution >= 0.6 is 0 Å². The third-order valence-electron chi connectivity index (χ3n) is 12.2. The first-order chi connectivity index (χ1) is 29.6. The summed E-state index contributed by atoms with van der Waals surface area (Å²) in [6, 6.07) is -0.827. The highest BCUT2D eigenvalue weighted by Crippen LogP contribution is 2.30. The molecule has 2 aliphatic rings. The zero-order valence-corrected chi connectivity index (χ0v) is 37.9. The van der Waals surface area contributed by atoms with Crippen molar-refractivity contribution in [3.05, 3.63) is 12.2 Å². The molecule has 0 aliphatic carbocycles. The van der Waals surface area contributed by atoms with E-state index in [-0.39, 0.29) is 12.5 Å². The average Bonchev–Trinajstić information content (AvgIpc) is 3.26. The Hall–Kier alpha value is -1.27. The second-order valence-corrected chi connectivity index (χ2v) is 17.6. The Bertz CT molecular complexity index is 1080. The van der Waals surface area contributed by atoms with Gasteiger partial charge in [-0.15, -0.1) is 0 Å². The molecule has 2 fully saturated rings. The molecule has 1 amide bonds. The number of amides is 1. The predicted octanol–water partition coefficient (Wildman–Crippen LogP) is 5.60. The van der Waals surface area contributed by atoms with Gasteiger partial charge in [0.05, 0.1) is 32.0 Å². The maximum Gasteiger partial charge on any atom is 0.220 e. The Labute approximate surface area is 367 Å². The third kappa shape index (κ3) is 23.0. The zero-order valence-electron chi connectivity index (χ0n) is 37.9. The van der Waals surface area contributed by atoms with E-state index in [1.54, 1.807) is 0 Å². The van der Waals surface area contributed by atoms with Gasteiger partial charge in [-0.1, -0.05) is 161 Å². The van der Waals surface area contributed by atoms with Crippen molar-refractivity contribution in [2.24, 2.45) is 0 Å². The molecule has 2 rings (SSSR count). The van der Waals surface area contributed by atoms with E-state index in [0.717, 1.165) is 70.6 Å². The number of hydrogen-bond donors (Lipinski definition) is 9. The van der Waals surface area contributed by atoms with Crippen LogP contribution in [0.15, 0.2) is 12.2 Å². The minimum Gasteiger partial charge on any atom is -0.394 e. The molecule has 0 spiro atoms. The highest BCUT2D eigenvalue weighted by atomic mass is 16.7. The summed E-state index contributed by atoms with van der Waals surface area (Å²) in [4.78, 5) is 13.1. The molecule has 0 bridgehead atoms. The first kappa shape index (κ1) is 55.9. The Morgan fingerprint density at radius 2 is 1.07 bits per heavy atom. The van der Waals surface area contributed by atoms with Crippen molar-refractivity contribution in [1.29, 1.82) is 0 Å². The van der Waals surface area contributed by atoms with Gasteiger partial charge in [-0.2, -0.15) is 0 Å². The summed E-state index contributed by atoms with van der Waals surface area (Å²) in [6.45, 7) is 2.77. The Balaban J connectivity index is 1.84. The van der Waals surface area contributed by atoms with Crippen LogP contribution in [0.5, 0.6) is 0 Å². The van der Waals surface area contributed by atoms with E-state index in [1.165, 1.54) is 83.5 Å². The fraction of sp³-hybridized carbons (Fsp3) is 0.936. The van der Waals surface area contributed by atoms with Crippen LogP contribution in [0, 0.1) is 0 Å². The van der Waals surface area contributed by atoms with Gasteiger partial charge in [0.1, 0.15) is 48.8 Å². The van der Waals surface area contributed by atoms with Gasteiger partial charge in [0.15, 0.2) is 12.6 Å². The number of carbonyl (C=O) groups excluding carboxylic acids is 1. The van der Waals surface area contributed by atoms with Gasteiger partial charge in [-0.05, 0) is 32.1 Å². The fourth-order valence-corrected chi connectivity index (χ4v) is 8.18. The van der Waals surface area contributed by atoms with Gasteiger partial charge in [0.2, 0.25) is 5.91 Å². The van der Waals surface area contributed by atoms with Crippen molar-refractivity contribution in [2.45, 2.75) is 261 Å². The SMILES string of the molecule is CCC/C=C\CCCCCCCC(=O)NC(COC1OC(CO)C(OC2OC(CO)C(O)C(O)C2O)C(O)C1O)C(O)CCCCCCCCCCCCCCCCCCC. The van der Waals surface area contributed by atoms with Crippen molar-refractivity contribution in [2.75, 3.05) is 19.8 Å². The average molecular weight is 876 g/mol. The molecule has 0 aromatic heterocycles. The third-order valence-corrected chi connectivity index (χ3v) is 12.2. The molecule has 0 aromatic carbocycles. The summed E-state index contributed by atoms with van der Waals surface area (Å²) in [7, 11) is 0. The number of ether oxygens (including phenoxy) is 4. The van der Waals surface area contributed by atoms with Gasteiger partial charge in [0, 0.05) is 6.42 Å². The molecule has 2 aliphatic heterocycles. The summed E-state index contributed by atoms with van der Waals surface area (Å²) < 4.78 is 22.7. The number of carbonyl (C=O) groups is 1. The molecule has 12 unspecified atom stereocenters. The number of aliphatic hydroxyl groups excluding tert-OH is 8. The van der Waals surface area contributed by atoms with Crippen molar-refractivity contribution >= 4 is 5.91 Å². The van der Waals surface area contributed by atoms with E-state index in [9.17, 15) is 45.6 Å². The van der Waals surface area contributed by atoms with Gasteiger partial charge >= 0.3 is 0 Å². The summed E-state index contributed by atoms with van der Waals surface area (Å²) in [5, 5.41) is 86.7. The van der Waals surface area contributed by atoms with Crippen LogP contribution in [0.3, 0.4) is 0 Å². The second-order valence-electron chi connectivity index (χ2n) is 17.6. The van der Waals surface area contributed by atoms with Crippen LogP contribution in [0.2, 0.25) is 0 Å². The van der Waals surface area contributed by atoms with Crippen LogP contribution in [-0.2, 0) is 23.7 Å². The number of rotatable bonds is 37. The maximum atomic E-state index is 13.1. The number of allylic oxidation sites excluding steroid dienone is 2. The van der Waals surface area contributed by atoms with E-state index >= 15 is 0 Å². The smallest absolute Gasteiger partial charge is 0.220 e. The van der Waals surface area contributed by atoms with Crippen LogP contribution in [0.25, 0.3) is 0 Å². The van der Waals surface area contributed by atoms with E-state index in [4.69, 9.17) is 18.9 Å². The van der Waals surface area contributed by atoms with Gasteiger partial charge in [-0.3, -0.25) is 4.79 Å². The van der Waals surface area contributed by atoms with E-state index in [0.29, 0.717) is 19.3 Å². The van der Waals surface area contributed by atoms with E-state index in [2.05, 4.69) is 31.3 Å². The zero-order chi connectivity index (χ0) is 44.7. The molecule has 9 N–H and O–H groups in total. The van der Waals surface area contributed by atoms with Crippen LogP contribution < -0.4 is 5.32 Å². The van der Waals surface area contributed by atoms with Crippen LogP contribution in [0.1, 0.15) is 187 Å². The first-order valence-corrected chi connectivity index (χ1v) is 24.4. The Kier molecular flexibility index (Phi) is 32.1. The minimum absolute atomic E-state index is 0.219. The topological polar surface area (TPSA) is 228 Å². The lowest BCUT2D eigenvalue weighted by atomic mass is 9.97. The lowest BCUT2D eigenvalue weighted by molar-refractivity contribution is -0.359. The number of unbranched alkanes of at least 4 members (excludes halogenated alkanes) is 22. The van der Waals surface area contributed by atoms with Gasteiger partial charge in [-0.25, -0.2) is 0 Å². The first-order valence-electron chi connectivity index (χ1n) is 24.4. The quantitative estimate of drug-likeness (QED) is 0.0274. The monoisotopic (exact) mass is 876 g/mol. The molecule has 14 nitrogen and oxygen atoms in total. The van der Waals surface area contributed by atoms with Crippen LogP contribution in [-0.4, -0.2) is 140 Å². The molecular weight excluding hydrogens is 787 g/mol. The molecule has 14 heteroatoms. The summed E-state index contributed by atoms with van der Waals surface area (Å²) in [6.07, 6.45) is 18.0. The number of hydrogen-bond acceptors (Lipinski definition) is 13. The molecule has 2 saturated heterocycles. The largest absolute Gasteiger partial charge is 0.394 e. The van der Waals surface area contributed by atoms with Crippen molar-refractivity contribution < 1.29 is 64.6 Å². The number of aliphatic hydroxyl groups is 8. The maximum absolute atomic E-state index is 13.1. The molecule has 2 heterocycles. The van der Waals surface area contributed by atoms with Crippen molar-refractivity contribution in [1.82, 2.24) is 5.32 Å². The molecular formula is C47H89NO13. The molecule has 360 valence electrons. The van der Waals surface area contributed by atoms with Crippen molar-refractivity contribution in [3.8, 4) is 0 Å². The highest BCUT2D eigenvalue weighted by molar-refractivity contribution is 5.76. The summed E-state index contributed by atoms with van der Waals surface area (Å²) >= 11 is 0. The molecule has 0 radical (unpaired) electrons. The van der Waals surface area contributed by atoms with Crippen molar-refractivity contribution in [3.63, 3.8) is 0 Å². The second kappa shape index (κ2) is 35.0. The van der Waals surface area contributed by atoms with Gasteiger partial charge in [0.25, 0.3) is 0 Å². The van der Waals surface area contributed by atoms with Crippen LogP contribution in [0.4, 0.5) is 0 Å².